The second kappa shape index (κ2) is 8.94. The number of aromatic amines is 1. The van der Waals surface area contributed by atoms with Crippen molar-refractivity contribution in [2.24, 2.45) is 0 Å². The molecule has 1 saturated heterocycles. The minimum Gasteiger partial charge on any atom is -0.340 e. The van der Waals surface area contributed by atoms with Crippen LogP contribution in [0.15, 0.2) is 55.2 Å². The van der Waals surface area contributed by atoms with Crippen LogP contribution in [0.2, 0.25) is 0 Å². The van der Waals surface area contributed by atoms with Crippen molar-refractivity contribution in [3.05, 3.63) is 72.1 Å². The first-order valence-electron chi connectivity index (χ1n) is 10.2. The van der Waals surface area contributed by atoms with E-state index in [-0.39, 0.29) is 24.3 Å². The van der Waals surface area contributed by atoms with Gasteiger partial charge in [-0.05, 0) is 18.4 Å². The van der Waals surface area contributed by atoms with E-state index in [0.29, 0.717) is 18.7 Å². The van der Waals surface area contributed by atoms with E-state index in [1.807, 2.05) is 35.2 Å². The van der Waals surface area contributed by atoms with E-state index in [1.54, 1.807) is 41.4 Å². The topological polar surface area (TPSA) is 87.1 Å². The molecule has 3 heterocycles. The highest BCUT2D eigenvalue weighted by atomic mass is 16.2. The number of imidazole rings is 1. The van der Waals surface area contributed by atoms with Gasteiger partial charge in [0.05, 0.1) is 23.8 Å². The summed E-state index contributed by atoms with van der Waals surface area (Å²) in [6.07, 6.45) is 8.51. The third-order valence-electron chi connectivity index (χ3n) is 5.57. The third kappa shape index (κ3) is 4.42. The Hall–Kier alpha value is -3.42. The first-order chi connectivity index (χ1) is 14.6. The van der Waals surface area contributed by atoms with Crippen LogP contribution in [0.1, 0.15) is 40.4 Å². The summed E-state index contributed by atoms with van der Waals surface area (Å²) >= 11 is 0. The van der Waals surface area contributed by atoms with Crippen molar-refractivity contribution in [1.82, 2.24) is 29.5 Å². The summed E-state index contributed by atoms with van der Waals surface area (Å²) in [5, 5.41) is 7.18. The monoisotopic (exact) mass is 406 g/mol. The molecule has 8 nitrogen and oxygen atoms in total. The van der Waals surface area contributed by atoms with Crippen molar-refractivity contribution < 1.29 is 9.59 Å². The van der Waals surface area contributed by atoms with Crippen molar-refractivity contribution in [2.75, 3.05) is 20.1 Å². The van der Waals surface area contributed by atoms with Gasteiger partial charge < -0.3 is 14.4 Å². The molecule has 1 unspecified atom stereocenters. The number of carbonyl (C=O) groups is 2. The molecule has 3 aromatic rings. The summed E-state index contributed by atoms with van der Waals surface area (Å²) in [6, 6.07) is 9.90. The number of likely N-dealkylation sites (tertiary alicyclic amines) is 1. The Kier molecular flexibility index (Phi) is 5.92. The molecule has 30 heavy (non-hydrogen) atoms. The fourth-order valence-electron chi connectivity index (χ4n) is 3.99. The van der Waals surface area contributed by atoms with Crippen molar-refractivity contribution >= 4 is 11.8 Å². The first-order valence-corrected chi connectivity index (χ1v) is 10.2. The summed E-state index contributed by atoms with van der Waals surface area (Å²) in [5.41, 5.74) is 2.48. The molecule has 0 saturated carbocycles. The number of rotatable bonds is 6. The highest BCUT2D eigenvalue weighted by Gasteiger charge is 2.29. The summed E-state index contributed by atoms with van der Waals surface area (Å²) in [6.45, 7) is 2.12. The molecule has 1 N–H and O–H groups in total. The Morgan fingerprint density at radius 2 is 2.10 bits per heavy atom. The van der Waals surface area contributed by atoms with Crippen molar-refractivity contribution in [1.29, 1.82) is 0 Å². The lowest BCUT2D eigenvalue weighted by molar-refractivity contribution is -0.133. The van der Waals surface area contributed by atoms with Gasteiger partial charge in [0.15, 0.2) is 0 Å². The lowest BCUT2D eigenvalue weighted by Gasteiger charge is -2.33. The molecule has 156 valence electrons. The van der Waals surface area contributed by atoms with Crippen LogP contribution >= 0.6 is 0 Å². The molecule has 1 aromatic carbocycles. The molecular weight excluding hydrogens is 380 g/mol. The number of hydrogen-bond donors (Lipinski definition) is 1. The molecule has 0 radical (unpaired) electrons. The molecule has 1 fully saturated rings. The highest BCUT2D eigenvalue weighted by Crippen LogP contribution is 2.28. The molecular formula is C22H26N6O2. The van der Waals surface area contributed by atoms with Crippen LogP contribution in [0.4, 0.5) is 0 Å². The Morgan fingerprint density at radius 1 is 1.27 bits per heavy atom. The maximum atomic E-state index is 13.1. The van der Waals surface area contributed by atoms with Crippen LogP contribution in [0, 0.1) is 0 Å². The average molecular weight is 406 g/mol. The fraction of sp³-hybridized carbons (Fsp3) is 0.364. The molecule has 8 heteroatoms. The number of piperidine rings is 1. The van der Waals surface area contributed by atoms with E-state index in [0.717, 1.165) is 30.6 Å². The molecule has 0 spiro atoms. The summed E-state index contributed by atoms with van der Waals surface area (Å²) in [7, 11) is 1.80. The van der Waals surface area contributed by atoms with Gasteiger partial charge >= 0.3 is 0 Å². The Balaban J connectivity index is 1.44. The van der Waals surface area contributed by atoms with Crippen LogP contribution in [0.5, 0.6) is 0 Å². The largest absolute Gasteiger partial charge is 0.340 e. The number of nitrogens with one attached hydrogen (secondary N) is 1. The number of nitrogens with zero attached hydrogens (tertiary/aromatic N) is 5. The molecule has 2 amide bonds. The van der Waals surface area contributed by atoms with E-state index in [1.165, 1.54) is 0 Å². The number of benzene rings is 1. The zero-order valence-corrected chi connectivity index (χ0v) is 17.1. The average Bonchev–Trinajstić information content (AvgIpc) is 3.46. The van der Waals surface area contributed by atoms with Crippen molar-refractivity contribution in [3.8, 4) is 0 Å². The van der Waals surface area contributed by atoms with Crippen molar-refractivity contribution in [2.45, 2.75) is 31.8 Å². The minimum absolute atomic E-state index is 0.0614. The molecule has 1 aliphatic heterocycles. The van der Waals surface area contributed by atoms with Gasteiger partial charge in [-0.25, -0.2) is 4.98 Å². The number of H-pyrrole nitrogens is 1. The van der Waals surface area contributed by atoms with Gasteiger partial charge in [-0.3, -0.25) is 14.7 Å². The third-order valence-corrected chi connectivity index (χ3v) is 5.57. The van der Waals surface area contributed by atoms with E-state index in [2.05, 4.69) is 15.2 Å². The Morgan fingerprint density at radius 3 is 2.87 bits per heavy atom. The smallest absolute Gasteiger partial charge is 0.257 e. The zero-order valence-electron chi connectivity index (χ0n) is 17.1. The number of hydrogen-bond acceptors (Lipinski definition) is 4. The quantitative estimate of drug-likeness (QED) is 0.680. The van der Waals surface area contributed by atoms with E-state index < -0.39 is 0 Å². The van der Waals surface area contributed by atoms with E-state index in [9.17, 15) is 9.59 Å². The summed E-state index contributed by atoms with van der Waals surface area (Å²) in [4.78, 5) is 33.3. The van der Waals surface area contributed by atoms with Gasteiger partial charge in [0, 0.05) is 45.0 Å². The van der Waals surface area contributed by atoms with E-state index >= 15 is 0 Å². The summed E-state index contributed by atoms with van der Waals surface area (Å²) < 4.78 is 1.77. The lowest BCUT2D eigenvalue weighted by atomic mass is 9.92. The van der Waals surface area contributed by atoms with Gasteiger partial charge in [0.1, 0.15) is 6.54 Å². The molecule has 1 atom stereocenters. The maximum Gasteiger partial charge on any atom is 0.257 e. The second-order valence-corrected chi connectivity index (χ2v) is 7.76. The van der Waals surface area contributed by atoms with Crippen LogP contribution in [0.3, 0.4) is 0 Å². The highest BCUT2D eigenvalue weighted by molar-refractivity contribution is 5.95. The number of carbonyl (C=O) groups excluding carboxylic acids is 2. The van der Waals surface area contributed by atoms with Gasteiger partial charge in [-0.1, -0.05) is 30.3 Å². The van der Waals surface area contributed by atoms with Gasteiger partial charge in [-0.2, -0.15) is 5.10 Å². The van der Waals surface area contributed by atoms with Gasteiger partial charge in [-0.15, -0.1) is 0 Å². The summed E-state index contributed by atoms with van der Waals surface area (Å²) in [5.74, 6) is 0.0628. The van der Waals surface area contributed by atoms with Gasteiger partial charge in [0.25, 0.3) is 5.91 Å². The van der Waals surface area contributed by atoms with Crippen molar-refractivity contribution in [3.63, 3.8) is 0 Å². The number of aromatic nitrogens is 4. The normalized spacial score (nSPS) is 16.4. The first kappa shape index (κ1) is 19.9. The fourth-order valence-corrected chi connectivity index (χ4v) is 3.99. The van der Waals surface area contributed by atoms with Crippen LogP contribution < -0.4 is 0 Å². The Bertz CT molecular complexity index is 982. The number of amides is 2. The maximum absolute atomic E-state index is 13.1. The van der Waals surface area contributed by atoms with Crippen LogP contribution in [-0.4, -0.2) is 61.5 Å². The standard InChI is InChI=1S/C22H26N6O2/c1-26(13-17-6-3-2-4-7-17)22(30)19-12-24-25-21(19)18-8-5-10-28(14-18)20(29)15-27-11-9-23-16-27/h2-4,6-7,9,11-12,16,18H,5,8,10,13-15H2,1H3,(H,24,25). The predicted molar refractivity (Wildman–Crippen MR) is 112 cm³/mol. The second-order valence-electron chi connectivity index (χ2n) is 7.76. The Labute approximate surface area is 175 Å². The molecule has 0 aliphatic carbocycles. The molecule has 4 rings (SSSR count). The predicted octanol–water partition coefficient (Wildman–Crippen LogP) is 2.28. The minimum atomic E-state index is -0.0653. The van der Waals surface area contributed by atoms with Gasteiger partial charge in [0.2, 0.25) is 5.91 Å². The molecule has 2 aromatic heterocycles. The van der Waals surface area contributed by atoms with Crippen LogP contribution in [-0.2, 0) is 17.9 Å². The SMILES string of the molecule is CN(Cc1ccccc1)C(=O)c1cn[nH]c1C1CCCN(C(=O)Cn2ccnc2)C1. The van der Waals surface area contributed by atoms with Crippen LogP contribution in [0.25, 0.3) is 0 Å². The molecule has 1 aliphatic rings. The zero-order chi connectivity index (χ0) is 20.9. The van der Waals surface area contributed by atoms with E-state index in [4.69, 9.17) is 0 Å². The lowest BCUT2D eigenvalue weighted by Crippen LogP contribution is -2.41. The molecule has 0 bridgehead atoms.